The summed E-state index contributed by atoms with van der Waals surface area (Å²) in [6, 6.07) is 5.63. The van der Waals surface area contributed by atoms with Crippen molar-refractivity contribution in [3.8, 4) is 0 Å². The van der Waals surface area contributed by atoms with Gasteiger partial charge in [-0.2, -0.15) is 0 Å². The Morgan fingerprint density at radius 1 is 1.24 bits per heavy atom. The Bertz CT molecular complexity index is 513. The van der Waals surface area contributed by atoms with Crippen molar-refractivity contribution < 1.29 is 30.0 Å². The van der Waals surface area contributed by atoms with Crippen molar-refractivity contribution in [2.75, 3.05) is 6.61 Å². The topological polar surface area (TPSA) is 119 Å². The molecule has 8 heteroatoms. The van der Waals surface area contributed by atoms with Gasteiger partial charge < -0.3 is 30.5 Å². The summed E-state index contributed by atoms with van der Waals surface area (Å²) in [5.74, 6) is -0.499. The van der Waals surface area contributed by atoms with Gasteiger partial charge in [0, 0.05) is 3.57 Å². The summed E-state index contributed by atoms with van der Waals surface area (Å²) in [4.78, 5) is 12.2. The normalized spacial score (nSPS) is 32.7. The van der Waals surface area contributed by atoms with Crippen molar-refractivity contribution >= 4 is 28.5 Å². The van der Waals surface area contributed by atoms with Crippen LogP contribution in [0.2, 0.25) is 0 Å². The lowest BCUT2D eigenvalue weighted by Gasteiger charge is -2.40. The van der Waals surface area contributed by atoms with Crippen LogP contribution in [0.5, 0.6) is 0 Å². The number of hydrogen-bond donors (Lipinski definition) is 5. The van der Waals surface area contributed by atoms with E-state index in [1.165, 1.54) is 0 Å². The molecule has 1 aromatic carbocycles. The molecular weight excluding hydrogens is 393 g/mol. The van der Waals surface area contributed by atoms with Gasteiger partial charge in [-0.05, 0) is 34.7 Å². The first-order valence-electron chi connectivity index (χ1n) is 6.31. The van der Waals surface area contributed by atoms with E-state index in [1.54, 1.807) is 24.3 Å². The fourth-order valence-corrected chi connectivity index (χ4v) is 2.76. The quantitative estimate of drug-likeness (QED) is 0.401. The second kappa shape index (κ2) is 6.99. The summed E-state index contributed by atoms with van der Waals surface area (Å²) in [6.45, 7) is -0.549. The number of rotatable bonds is 3. The highest BCUT2D eigenvalue weighted by atomic mass is 127. The van der Waals surface area contributed by atoms with Gasteiger partial charge in [0.25, 0.3) is 5.91 Å². The molecule has 116 valence electrons. The van der Waals surface area contributed by atoms with Crippen LogP contribution in [0.1, 0.15) is 10.4 Å². The zero-order chi connectivity index (χ0) is 15.6. The fourth-order valence-electron chi connectivity index (χ4n) is 2.13. The van der Waals surface area contributed by atoms with Crippen LogP contribution in [0.25, 0.3) is 0 Å². The van der Waals surface area contributed by atoms with Gasteiger partial charge in [0.15, 0.2) is 6.29 Å². The largest absolute Gasteiger partial charge is 0.394 e. The molecule has 1 fully saturated rings. The van der Waals surface area contributed by atoms with E-state index in [1.807, 2.05) is 22.6 Å². The van der Waals surface area contributed by atoms with Crippen molar-refractivity contribution in [2.24, 2.45) is 0 Å². The lowest BCUT2D eigenvalue weighted by atomic mass is 9.97. The molecule has 0 aromatic heterocycles. The van der Waals surface area contributed by atoms with Gasteiger partial charge in [0.2, 0.25) is 0 Å². The molecule has 0 saturated carbocycles. The van der Waals surface area contributed by atoms with Crippen molar-refractivity contribution in [1.29, 1.82) is 0 Å². The van der Waals surface area contributed by atoms with Gasteiger partial charge in [-0.3, -0.25) is 4.79 Å². The van der Waals surface area contributed by atoms with E-state index in [0.29, 0.717) is 9.13 Å². The first kappa shape index (κ1) is 16.6. The van der Waals surface area contributed by atoms with Gasteiger partial charge in [-0.25, -0.2) is 0 Å². The van der Waals surface area contributed by atoms with E-state index in [9.17, 15) is 20.1 Å². The average molecular weight is 409 g/mol. The highest BCUT2D eigenvalue weighted by molar-refractivity contribution is 14.1. The molecule has 1 heterocycles. The molecule has 1 amide bonds. The number of halogens is 1. The maximum absolute atomic E-state index is 12.2. The third-order valence-electron chi connectivity index (χ3n) is 3.32. The molecule has 5 atom stereocenters. The Kier molecular flexibility index (Phi) is 5.52. The fraction of sp³-hybridized carbons (Fsp3) is 0.462. The molecule has 7 nitrogen and oxygen atoms in total. The van der Waals surface area contributed by atoms with Crippen LogP contribution in [-0.4, -0.2) is 63.6 Å². The van der Waals surface area contributed by atoms with Crippen LogP contribution in [0.4, 0.5) is 0 Å². The number of hydrogen-bond acceptors (Lipinski definition) is 6. The Balaban J connectivity index is 2.12. The average Bonchev–Trinajstić information content (AvgIpc) is 2.47. The number of nitrogens with one attached hydrogen (secondary N) is 1. The maximum atomic E-state index is 12.2. The minimum atomic E-state index is -1.52. The van der Waals surface area contributed by atoms with Crippen LogP contribution in [0.3, 0.4) is 0 Å². The molecule has 0 aliphatic carbocycles. The summed E-state index contributed by atoms with van der Waals surface area (Å²) in [5.41, 5.74) is 0.385. The lowest BCUT2D eigenvalue weighted by Crippen LogP contribution is -2.64. The van der Waals surface area contributed by atoms with E-state index >= 15 is 0 Å². The molecule has 21 heavy (non-hydrogen) atoms. The maximum Gasteiger partial charge on any atom is 0.252 e. The van der Waals surface area contributed by atoms with Gasteiger partial charge >= 0.3 is 0 Å². The summed E-state index contributed by atoms with van der Waals surface area (Å²) >= 11 is 1.99. The number of carbonyl (C=O) groups excluding carboxylic acids is 1. The second-order valence-corrected chi connectivity index (χ2v) is 5.87. The predicted octanol–water partition coefficient (Wildman–Crippen LogP) is -1.18. The first-order valence-corrected chi connectivity index (χ1v) is 7.39. The minimum absolute atomic E-state index is 0.385. The number of carbonyl (C=O) groups is 1. The standard InChI is InChI=1S/C13H16INO6/c14-7-4-2-1-3-6(7)12(19)15-9-11(18)10(17)8(5-16)21-13(9)20/h1-4,8-11,13,16-18,20H,5H2,(H,15,19)/t8-,9-,10-,11-,13+/m1/s1. The Hall–Kier alpha value is -0.780. The van der Waals surface area contributed by atoms with Crippen LogP contribution in [0.15, 0.2) is 24.3 Å². The van der Waals surface area contributed by atoms with Gasteiger partial charge in [0.05, 0.1) is 12.2 Å². The molecule has 0 bridgehead atoms. The molecule has 1 aliphatic rings. The van der Waals surface area contributed by atoms with E-state index in [-0.39, 0.29) is 0 Å². The van der Waals surface area contributed by atoms with Crippen LogP contribution in [0, 0.1) is 3.57 Å². The SMILES string of the molecule is O=C(N[C@@H]1[C@@H](O)[C@H](O)[C@@H](CO)O[C@@H]1O)c1ccccc1I. The summed E-state index contributed by atoms with van der Waals surface area (Å²) < 4.78 is 5.69. The highest BCUT2D eigenvalue weighted by Gasteiger charge is 2.44. The van der Waals surface area contributed by atoms with E-state index in [0.717, 1.165) is 0 Å². The molecule has 0 unspecified atom stereocenters. The summed E-state index contributed by atoms with van der Waals surface area (Å²) in [5, 5.41) is 40.9. The number of amides is 1. The van der Waals surface area contributed by atoms with Crippen molar-refractivity contribution in [3.63, 3.8) is 0 Å². The van der Waals surface area contributed by atoms with Gasteiger partial charge in [-0.1, -0.05) is 12.1 Å². The number of aliphatic hydroxyl groups excluding tert-OH is 4. The molecule has 1 saturated heterocycles. The predicted molar refractivity (Wildman–Crippen MR) is 80.4 cm³/mol. The third kappa shape index (κ3) is 3.52. The summed E-state index contributed by atoms with van der Waals surface area (Å²) in [7, 11) is 0. The van der Waals surface area contributed by atoms with Crippen molar-refractivity contribution in [1.82, 2.24) is 5.32 Å². The Morgan fingerprint density at radius 2 is 1.90 bits per heavy atom. The third-order valence-corrected chi connectivity index (χ3v) is 4.26. The highest BCUT2D eigenvalue weighted by Crippen LogP contribution is 2.20. The minimum Gasteiger partial charge on any atom is -0.394 e. The molecule has 1 aromatic rings. The molecule has 2 rings (SSSR count). The van der Waals surface area contributed by atoms with Crippen LogP contribution in [-0.2, 0) is 4.74 Å². The van der Waals surface area contributed by atoms with Gasteiger partial charge in [-0.15, -0.1) is 0 Å². The van der Waals surface area contributed by atoms with E-state index in [4.69, 9.17) is 9.84 Å². The van der Waals surface area contributed by atoms with Crippen molar-refractivity contribution in [2.45, 2.75) is 30.6 Å². The van der Waals surface area contributed by atoms with E-state index in [2.05, 4.69) is 5.32 Å². The van der Waals surface area contributed by atoms with Gasteiger partial charge in [0.1, 0.15) is 24.4 Å². The molecule has 0 spiro atoms. The monoisotopic (exact) mass is 409 g/mol. The number of ether oxygens (including phenoxy) is 1. The first-order chi connectivity index (χ1) is 9.95. The number of benzene rings is 1. The van der Waals surface area contributed by atoms with Crippen LogP contribution >= 0.6 is 22.6 Å². The smallest absolute Gasteiger partial charge is 0.252 e. The Morgan fingerprint density at radius 3 is 2.52 bits per heavy atom. The molecule has 0 radical (unpaired) electrons. The molecule has 5 N–H and O–H groups in total. The lowest BCUT2D eigenvalue weighted by molar-refractivity contribution is -0.252. The second-order valence-electron chi connectivity index (χ2n) is 4.71. The summed E-state index contributed by atoms with van der Waals surface area (Å²) in [6.07, 6.45) is -5.47. The van der Waals surface area contributed by atoms with E-state index < -0.39 is 43.2 Å². The molecule has 1 aliphatic heterocycles. The Labute approximate surface area is 134 Å². The van der Waals surface area contributed by atoms with Crippen LogP contribution < -0.4 is 5.32 Å². The molecular formula is C13H16INO6. The zero-order valence-corrected chi connectivity index (χ0v) is 13.0. The zero-order valence-electron chi connectivity index (χ0n) is 10.9. The van der Waals surface area contributed by atoms with Crippen molar-refractivity contribution in [3.05, 3.63) is 33.4 Å². The number of aliphatic hydroxyl groups is 4.